The number of rotatable bonds is 3. The summed E-state index contributed by atoms with van der Waals surface area (Å²) < 4.78 is 0. The molecule has 1 heterocycles. The summed E-state index contributed by atoms with van der Waals surface area (Å²) in [5.74, 6) is 0.731. The zero-order valence-electron chi connectivity index (χ0n) is 8.08. The Bertz CT molecular complexity index is 192. The van der Waals surface area contributed by atoms with E-state index in [1.54, 1.807) is 0 Å². The molecule has 0 fully saturated rings. The van der Waals surface area contributed by atoms with Crippen LogP contribution in [0, 0.1) is 5.92 Å². The van der Waals surface area contributed by atoms with E-state index in [2.05, 4.69) is 25.8 Å². The molecular formula is C10H17NS. The summed E-state index contributed by atoms with van der Waals surface area (Å²) in [6.45, 7) is 6.70. The second-order valence-electron chi connectivity index (χ2n) is 3.17. The minimum atomic E-state index is 0.561. The van der Waals surface area contributed by atoms with Crippen LogP contribution in [0.5, 0.6) is 0 Å². The normalized spacial score (nSPS) is 23.0. The van der Waals surface area contributed by atoms with Gasteiger partial charge in [-0.1, -0.05) is 13.8 Å². The van der Waals surface area contributed by atoms with Crippen LogP contribution in [-0.4, -0.2) is 11.5 Å². The molecule has 0 radical (unpaired) electrons. The molecule has 0 N–H and O–H groups in total. The number of hydrogen-bond donors (Lipinski definition) is 0. The van der Waals surface area contributed by atoms with Crippen LogP contribution in [0.25, 0.3) is 0 Å². The topological polar surface area (TPSA) is 12.4 Å². The Hall–Kier alpha value is -0.240. The molecule has 0 amide bonds. The summed E-state index contributed by atoms with van der Waals surface area (Å²) in [7, 11) is 0. The molecule has 0 saturated heterocycles. The average Bonchev–Trinajstić information content (AvgIpc) is 2.07. The van der Waals surface area contributed by atoms with E-state index in [0.29, 0.717) is 5.25 Å². The SMILES string of the molecule is CCC(CC)C1=CN=CC(C)S1. The highest BCUT2D eigenvalue weighted by Crippen LogP contribution is 2.33. The third-order valence-corrected chi connectivity index (χ3v) is 3.41. The molecule has 1 aliphatic rings. The fourth-order valence-electron chi connectivity index (χ4n) is 1.41. The van der Waals surface area contributed by atoms with Crippen LogP contribution >= 0.6 is 11.8 Å². The minimum absolute atomic E-state index is 0.561. The first-order valence-corrected chi connectivity index (χ1v) is 5.55. The van der Waals surface area contributed by atoms with E-state index in [1.807, 2.05) is 24.2 Å². The number of allylic oxidation sites excluding steroid dienone is 1. The fraction of sp³-hybridized carbons (Fsp3) is 0.700. The van der Waals surface area contributed by atoms with Crippen molar-refractivity contribution in [2.45, 2.75) is 38.9 Å². The third kappa shape index (κ3) is 2.37. The quantitative estimate of drug-likeness (QED) is 0.652. The van der Waals surface area contributed by atoms with Gasteiger partial charge < -0.3 is 0 Å². The van der Waals surface area contributed by atoms with Gasteiger partial charge in [0.05, 0.1) is 0 Å². The molecule has 2 heteroatoms. The minimum Gasteiger partial charge on any atom is -0.267 e. The zero-order chi connectivity index (χ0) is 8.97. The van der Waals surface area contributed by atoms with Crippen LogP contribution < -0.4 is 0 Å². The largest absolute Gasteiger partial charge is 0.267 e. The average molecular weight is 183 g/mol. The summed E-state index contributed by atoms with van der Waals surface area (Å²) in [5.41, 5.74) is 0. The maximum absolute atomic E-state index is 4.25. The molecule has 0 aliphatic carbocycles. The maximum Gasteiger partial charge on any atom is 0.0417 e. The van der Waals surface area contributed by atoms with E-state index in [9.17, 15) is 0 Å². The highest BCUT2D eigenvalue weighted by molar-refractivity contribution is 8.04. The van der Waals surface area contributed by atoms with E-state index in [-0.39, 0.29) is 0 Å². The van der Waals surface area contributed by atoms with Crippen molar-refractivity contribution in [3.63, 3.8) is 0 Å². The molecule has 12 heavy (non-hydrogen) atoms. The van der Waals surface area contributed by atoms with Crippen molar-refractivity contribution in [3.05, 3.63) is 11.1 Å². The number of nitrogens with zero attached hydrogens (tertiary/aromatic N) is 1. The first kappa shape index (κ1) is 9.85. The van der Waals surface area contributed by atoms with Crippen molar-refractivity contribution in [3.8, 4) is 0 Å². The van der Waals surface area contributed by atoms with Crippen molar-refractivity contribution >= 4 is 18.0 Å². The van der Waals surface area contributed by atoms with Gasteiger partial charge in [0.1, 0.15) is 0 Å². The van der Waals surface area contributed by atoms with Gasteiger partial charge in [-0.25, -0.2) is 0 Å². The van der Waals surface area contributed by atoms with Gasteiger partial charge in [-0.15, -0.1) is 11.8 Å². The lowest BCUT2D eigenvalue weighted by molar-refractivity contribution is 0.595. The van der Waals surface area contributed by atoms with Gasteiger partial charge >= 0.3 is 0 Å². The Labute approximate surface area is 79.3 Å². The van der Waals surface area contributed by atoms with Crippen LogP contribution in [0.4, 0.5) is 0 Å². The summed E-state index contributed by atoms with van der Waals surface area (Å²) in [5, 5.41) is 0.561. The van der Waals surface area contributed by atoms with Crippen molar-refractivity contribution in [1.82, 2.24) is 0 Å². The maximum atomic E-state index is 4.25. The van der Waals surface area contributed by atoms with Gasteiger partial charge in [0.15, 0.2) is 0 Å². The van der Waals surface area contributed by atoms with Crippen LogP contribution in [0.2, 0.25) is 0 Å². The lowest BCUT2D eigenvalue weighted by atomic mass is 10.0. The lowest BCUT2D eigenvalue weighted by Gasteiger charge is -2.20. The van der Waals surface area contributed by atoms with E-state index < -0.39 is 0 Å². The lowest BCUT2D eigenvalue weighted by Crippen LogP contribution is -2.07. The van der Waals surface area contributed by atoms with E-state index in [1.165, 1.54) is 17.7 Å². The van der Waals surface area contributed by atoms with E-state index >= 15 is 0 Å². The summed E-state index contributed by atoms with van der Waals surface area (Å²) in [6.07, 6.45) is 6.51. The predicted octanol–water partition coefficient (Wildman–Crippen LogP) is 3.47. The van der Waals surface area contributed by atoms with Crippen molar-refractivity contribution < 1.29 is 0 Å². The molecule has 68 valence electrons. The molecule has 0 saturated carbocycles. The monoisotopic (exact) mass is 183 g/mol. The second kappa shape index (κ2) is 4.70. The number of thioether (sulfide) groups is 1. The third-order valence-electron chi connectivity index (χ3n) is 2.21. The van der Waals surface area contributed by atoms with Gasteiger partial charge in [-0.2, -0.15) is 0 Å². The van der Waals surface area contributed by atoms with Gasteiger partial charge in [0, 0.05) is 22.6 Å². The second-order valence-corrected chi connectivity index (χ2v) is 4.62. The van der Waals surface area contributed by atoms with E-state index in [0.717, 1.165) is 5.92 Å². The van der Waals surface area contributed by atoms with Gasteiger partial charge in [-0.3, -0.25) is 4.99 Å². The molecule has 1 unspecified atom stereocenters. The van der Waals surface area contributed by atoms with Gasteiger partial charge in [0.25, 0.3) is 0 Å². The standard InChI is InChI=1S/C10H17NS/c1-4-9(5-2)10-7-11-6-8(3)12-10/h6-9H,4-5H2,1-3H3. The Kier molecular flexibility index (Phi) is 3.86. The molecule has 1 nitrogen and oxygen atoms in total. The number of hydrogen-bond acceptors (Lipinski definition) is 2. The molecule has 1 rings (SSSR count). The van der Waals surface area contributed by atoms with E-state index in [4.69, 9.17) is 0 Å². The Morgan fingerprint density at radius 3 is 2.67 bits per heavy atom. The molecule has 0 aromatic carbocycles. The first-order chi connectivity index (χ1) is 5.77. The zero-order valence-corrected chi connectivity index (χ0v) is 8.90. The molecule has 1 aliphatic heterocycles. The fourth-order valence-corrected chi connectivity index (χ4v) is 2.61. The Morgan fingerprint density at radius 2 is 2.17 bits per heavy atom. The molecule has 1 atom stereocenters. The highest BCUT2D eigenvalue weighted by Gasteiger charge is 2.15. The van der Waals surface area contributed by atoms with Gasteiger partial charge in [0.2, 0.25) is 0 Å². The Morgan fingerprint density at radius 1 is 1.50 bits per heavy atom. The molecule has 0 spiro atoms. The number of aliphatic imine (C=N–C) groups is 1. The predicted molar refractivity (Wildman–Crippen MR) is 57.7 cm³/mol. The van der Waals surface area contributed by atoms with Crippen molar-refractivity contribution in [2.75, 3.05) is 0 Å². The Balaban J connectivity index is 2.61. The molecular weight excluding hydrogens is 166 g/mol. The summed E-state index contributed by atoms with van der Waals surface area (Å²) in [4.78, 5) is 5.72. The smallest absolute Gasteiger partial charge is 0.0417 e. The molecule has 0 bridgehead atoms. The van der Waals surface area contributed by atoms with Gasteiger partial charge in [-0.05, 0) is 25.7 Å². The van der Waals surface area contributed by atoms with Crippen LogP contribution in [0.1, 0.15) is 33.6 Å². The van der Waals surface area contributed by atoms with Crippen molar-refractivity contribution in [2.24, 2.45) is 10.9 Å². The molecule has 0 aromatic heterocycles. The summed E-state index contributed by atoms with van der Waals surface area (Å²) >= 11 is 1.96. The highest BCUT2D eigenvalue weighted by atomic mass is 32.2. The van der Waals surface area contributed by atoms with Crippen LogP contribution in [0.3, 0.4) is 0 Å². The van der Waals surface area contributed by atoms with Crippen LogP contribution in [-0.2, 0) is 0 Å². The van der Waals surface area contributed by atoms with Crippen LogP contribution in [0.15, 0.2) is 16.1 Å². The van der Waals surface area contributed by atoms with Crippen molar-refractivity contribution in [1.29, 1.82) is 0 Å². The molecule has 0 aromatic rings. The first-order valence-electron chi connectivity index (χ1n) is 4.67. The summed E-state index contributed by atoms with van der Waals surface area (Å²) in [6, 6.07) is 0.